The molecule has 5 nitrogen and oxygen atoms in total. The van der Waals surface area contributed by atoms with Crippen LogP contribution in [0, 0.1) is 5.92 Å². The molecule has 0 saturated carbocycles. The Bertz CT molecular complexity index is 472. The highest BCUT2D eigenvalue weighted by Crippen LogP contribution is 2.26. The highest BCUT2D eigenvalue weighted by atomic mass is 16.5. The van der Waals surface area contributed by atoms with E-state index in [1.807, 2.05) is 0 Å². The van der Waals surface area contributed by atoms with E-state index in [-0.39, 0.29) is 12.0 Å². The number of nitrogens with one attached hydrogen (secondary N) is 1. The molecule has 1 saturated heterocycles. The molecule has 1 amide bonds. The van der Waals surface area contributed by atoms with Gasteiger partial charge in [-0.1, -0.05) is 12.1 Å². The van der Waals surface area contributed by atoms with Crippen molar-refractivity contribution in [3.8, 4) is 5.75 Å². The Morgan fingerprint density at radius 1 is 1.44 bits per heavy atom. The fourth-order valence-electron chi connectivity index (χ4n) is 1.94. The molecule has 0 unspecified atom stereocenters. The quantitative estimate of drug-likeness (QED) is 0.652. The summed E-state index contributed by atoms with van der Waals surface area (Å²) in [4.78, 5) is 23.4. The Kier molecular flexibility index (Phi) is 3.50. The number of carbonyl (C=O) groups excluding carboxylic acids is 2. The first kappa shape index (κ1) is 12.4. The van der Waals surface area contributed by atoms with Gasteiger partial charge in [-0.05, 0) is 19.1 Å². The smallest absolute Gasteiger partial charge is 0.318 e. The lowest BCUT2D eigenvalue weighted by Crippen LogP contribution is -2.26. The van der Waals surface area contributed by atoms with Crippen molar-refractivity contribution in [2.75, 3.05) is 12.4 Å². The van der Waals surface area contributed by atoms with Gasteiger partial charge in [-0.2, -0.15) is 0 Å². The maximum absolute atomic E-state index is 12.0. The molecule has 1 aliphatic heterocycles. The predicted octanol–water partition coefficient (Wildman–Crippen LogP) is 1.59. The number of ether oxygens (including phenoxy) is 2. The summed E-state index contributed by atoms with van der Waals surface area (Å²) in [7, 11) is 1.52. The Balaban J connectivity index is 2.10. The highest BCUT2D eigenvalue weighted by Gasteiger charge is 2.37. The lowest BCUT2D eigenvalue weighted by atomic mass is 10.0. The van der Waals surface area contributed by atoms with Crippen molar-refractivity contribution in [3.05, 3.63) is 24.3 Å². The number of rotatable bonds is 3. The average molecular weight is 249 g/mol. The second-order valence-electron chi connectivity index (χ2n) is 4.23. The third-order valence-electron chi connectivity index (χ3n) is 2.85. The Morgan fingerprint density at radius 3 is 2.78 bits per heavy atom. The van der Waals surface area contributed by atoms with Crippen LogP contribution in [0.25, 0.3) is 0 Å². The van der Waals surface area contributed by atoms with Crippen molar-refractivity contribution >= 4 is 17.6 Å². The third-order valence-corrected chi connectivity index (χ3v) is 2.85. The summed E-state index contributed by atoms with van der Waals surface area (Å²) in [6.45, 7) is 1.77. The third kappa shape index (κ3) is 2.45. The van der Waals surface area contributed by atoms with Crippen molar-refractivity contribution in [1.29, 1.82) is 0 Å². The summed E-state index contributed by atoms with van der Waals surface area (Å²) in [6, 6.07) is 7.06. The van der Waals surface area contributed by atoms with Gasteiger partial charge >= 0.3 is 5.97 Å². The molecule has 1 aromatic carbocycles. The summed E-state index contributed by atoms with van der Waals surface area (Å²) in [5, 5.41) is 2.69. The summed E-state index contributed by atoms with van der Waals surface area (Å²) < 4.78 is 10.1. The van der Waals surface area contributed by atoms with Crippen LogP contribution in [-0.2, 0) is 14.3 Å². The SMILES string of the molecule is COc1ccccc1NC(=O)[C@H]1C[C@H](C)OC1=O. The summed E-state index contributed by atoms with van der Waals surface area (Å²) in [5.74, 6) is -0.987. The normalized spacial score (nSPS) is 22.4. The molecule has 5 heteroatoms. The topological polar surface area (TPSA) is 64.6 Å². The van der Waals surface area contributed by atoms with Crippen molar-refractivity contribution in [1.82, 2.24) is 0 Å². The van der Waals surface area contributed by atoms with E-state index in [1.54, 1.807) is 31.2 Å². The minimum absolute atomic E-state index is 0.203. The fourth-order valence-corrected chi connectivity index (χ4v) is 1.94. The number of hydrogen-bond donors (Lipinski definition) is 1. The molecule has 1 N–H and O–H groups in total. The molecular weight excluding hydrogens is 234 g/mol. The number of amides is 1. The number of para-hydroxylation sites is 2. The molecule has 0 spiro atoms. The van der Waals surface area contributed by atoms with Gasteiger partial charge in [0.15, 0.2) is 0 Å². The lowest BCUT2D eigenvalue weighted by molar-refractivity contribution is -0.145. The molecule has 2 rings (SSSR count). The zero-order valence-electron chi connectivity index (χ0n) is 10.3. The molecule has 0 radical (unpaired) electrons. The van der Waals surface area contributed by atoms with Crippen LogP contribution in [0.5, 0.6) is 5.75 Å². The summed E-state index contributed by atoms with van der Waals surface area (Å²) in [5.41, 5.74) is 0.553. The zero-order chi connectivity index (χ0) is 13.1. The van der Waals surface area contributed by atoms with Crippen LogP contribution in [0.1, 0.15) is 13.3 Å². The van der Waals surface area contributed by atoms with Gasteiger partial charge in [-0.3, -0.25) is 9.59 Å². The number of esters is 1. The lowest BCUT2D eigenvalue weighted by Gasteiger charge is -2.11. The van der Waals surface area contributed by atoms with Crippen LogP contribution in [-0.4, -0.2) is 25.1 Å². The van der Waals surface area contributed by atoms with Crippen LogP contribution in [0.4, 0.5) is 5.69 Å². The van der Waals surface area contributed by atoms with Gasteiger partial charge < -0.3 is 14.8 Å². The first-order valence-electron chi connectivity index (χ1n) is 5.76. The van der Waals surface area contributed by atoms with Crippen molar-refractivity contribution in [3.63, 3.8) is 0 Å². The van der Waals surface area contributed by atoms with Crippen LogP contribution in [0.15, 0.2) is 24.3 Å². The summed E-state index contributed by atoms with van der Waals surface area (Å²) >= 11 is 0. The van der Waals surface area contributed by atoms with E-state index in [1.165, 1.54) is 7.11 Å². The van der Waals surface area contributed by atoms with Gasteiger partial charge in [-0.15, -0.1) is 0 Å². The largest absolute Gasteiger partial charge is 0.495 e. The molecule has 1 aliphatic rings. The molecule has 96 valence electrons. The van der Waals surface area contributed by atoms with Crippen molar-refractivity contribution in [2.24, 2.45) is 5.92 Å². The standard InChI is InChI=1S/C13H15NO4/c1-8-7-9(13(16)18-8)12(15)14-10-5-3-4-6-11(10)17-2/h3-6,8-9H,7H2,1-2H3,(H,14,15)/t8-,9+/m0/s1. The monoisotopic (exact) mass is 249 g/mol. The maximum atomic E-state index is 12.0. The van der Waals surface area contributed by atoms with Gasteiger partial charge in [0, 0.05) is 6.42 Å². The van der Waals surface area contributed by atoms with Crippen molar-refractivity contribution in [2.45, 2.75) is 19.4 Å². The van der Waals surface area contributed by atoms with Crippen molar-refractivity contribution < 1.29 is 19.1 Å². The van der Waals surface area contributed by atoms with E-state index in [0.29, 0.717) is 17.9 Å². The minimum atomic E-state index is -0.732. The van der Waals surface area contributed by atoms with Gasteiger partial charge in [-0.25, -0.2) is 0 Å². The number of cyclic esters (lactones) is 1. The molecule has 1 heterocycles. The zero-order valence-corrected chi connectivity index (χ0v) is 10.3. The fraction of sp³-hybridized carbons (Fsp3) is 0.385. The Labute approximate surface area is 105 Å². The molecular formula is C13H15NO4. The molecule has 0 aliphatic carbocycles. The van der Waals surface area contributed by atoms with Crippen LogP contribution < -0.4 is 10.1 Å². The van der Waals surface area contributed by atoms with Crippen LogP contribution in [0.2, 0.25) is 0 Å². The summed E-state index contributed by atoms with van der Waals surface area (Å²) in [6.07, 6.45) is 0.214. The van der Waals surface area contributed by atoms with Gasteiger partial charge in [0.05, 0.1) is 12.8 Å². The van der Waals surface area contributed by atoms with E-state index in [9.17, 15) is 9.59 Å². The first-order chi connectivity index (χ1) is 8.61. The van der Waals surface area contributed by atoms with Gasteiger partial charge in [0.2, 0.25) is 5.91 Å². The first-order valence-corrected chi connectivity index (χ1v) is 5.76. The Morgan fingerprint density at radius 2 is 2.17 bits per heavy atom. The average Bonchev–Trinajstić information content (AvgIpc) is 2.69. The number of anilines is 1. The highest BCUT2D eigenvalue weighted by molar-refractivity contribution is 6.06. The van der Waals surface area contributed by atoms with E-state index >= 15 is 0 Å². The number of methoxy groups -OCH3 is 1. The molecule has 1 fully saturated rings. The van der Waals surface area contributed by atoms with Crippen LogP contribution >= 0.6 is 0 Å². The molecule has 1 aromatic rings. The minimum Gasteiger partial charge on any atom is -0.495 e. The maximum Gasteiger partial charge on any atom is 0.318 e. The molecule has 0 aromatic heterocycles. The van der Waals surface area contributed by atoms with Crippen LogP contribution in [0.3, 0.4) is 0 Å². The van der Waals surface area contributed by atoms with E-state index in [0.717, 1.165) is 0 Å². The molecule has 0 bridgehead atoms. The second kappa shape index (κ2) is 5.08. The molecule has 2 atom stereocenters. The van der Waals surface area contributed by atoms with Gasteiger partial charge in [0.25, 0.3) is 0 Å². The van der Waals surface area contributed by atoms with E-state index in [4.69, 9.17) is 9.47 Å². The predicted molar refractivity (Wildman–Crippen MR) is 65.3 cm³/mol. The van der Waals surface area contributed by atoms with E-state index < -0.39 is 11.9 Å². The second-order valence-corrected chi connectivity index (χ2v) is 4.23. The number of benzene rings is 1. The number of carbonyl (C=O) groups is 2. The Hall–Kier alpha value is -2.04. The van der Waals surface area contributed by atoms with E-state index in [2.05, 4.69) is 5.32 Å². The number of hydrogen-bond acceptors (Lipinski definition) is 4. The van der Waals surface area contributed by atoms with Gasteiger partial charge in [0.1, 0.15) is 17.8 Å². The molecule has 18 heavy (non-hydrogen) atoms.